The van der Waals surface area contributed by atoms with Gasteiger partial charge in [-0.05, 0) is 49.2 Å². The molecule has 0 aliphatic rings. The summed E-state index contributed by atoms with van der Waals surface area (Å²) in [6, 6.07) is 8.63. The summed E-state index contributed by atoms with van der Waals surface area (Å²) in [5.41, 5.74) is 0.901. The minimum absolute atomic E-state index is 0.205. The predicted octanol–water partition coefficient (Wildman–Crippen LogP) is 4.55. The van der Waals surface area contributed by atoms with Crippen molar-refractivity contribution < 1.29 is 17.6 Å². The molecule has 0 aliphatic carbocycles. The molecule has 0 aliphatic heterocycles. The molecule has 0 unspecified atom stereocenters. The van der Waals surface area contributed by atoms with Crippen molar-refractivity contribution in [1.82, 2.24) is 5.32 Å². The van der Waals surface area contributed by atoms with Crippen LogP contribution in [0, 0.1) is 5.82 Å². The van der Waals surface area contributed by atoms with Crippen LogP contribution in [-0.2, 0) is 14.8 Å². The van der Waals surface area contributed by atoms with Gasteiger partial charge in [0.2, 0.25) is 15.9 Å². The number of benzene rings is 2. The van der Waals surface area contributed by atoms with Crippen molar-refractivity contribution in [3.63, 3.8) is 0 Å². The predicted molar refractivity (Wildman–Crippen MR) is 111 cm³/mol. The fourth-order valence-corrected chi connectivity index (χ4v) is 4.58. The van der Waals surface area contributed by atoms with Crippen LogP contribution in [0.4, 0.5) is 10.1 Å². The van der Waals surface area contributed by atoms with E-state index in [1.807, 2.05) is 0 Å². The van der Waals surface area contributed by atoms with E-state index < -0.39 is 28.0 Å². The molecule has 0 saturated carbocycles. The van der Waals surface area contributed by atoms with E-state index in [1.165, 1.54) is 30.3 Å². The molecule has 1 amide bonds. The Bertz CT molecular complexity index is 932. The number of sulfonamides is 1. The SMILES string of the molecule is CC[C@@H](C(=O)N[C@H](C)c1ccc(F)cc1)N(c1cc(Cl)cc(Cl)c1)S(C)(=O)=O. The van der Waals surface area contributed by atoms with Gasteiger partial charge in [0.15, 0.2) is 0 Å². The van der Waals surface area contributed by atoms with E-state index in [9.17, 15) is 17.6 Å². The first kappa shape index (κ1) is 22.5. The van der Waals surface area contributed by atoms with Gasteiger partial charge in [0.1, 0.15) is 11.9 Å². The molecule has 5 nitrogen and oxygen atoms in total. The lowest BCUT2D eigenvalue weighted by atomic mass is 10.1. The molecular formula is C19H21Cl2FN2O3S. The second-order valence-corrected chi connectivity index (χ2v) is 9.12. The van der Waals surface area contributed by atoms with E-state index in [4.69, 9.17) is 23.2 Å². The second kappa shape index (κ2) is 9.11. The summed E-state index contributed by atoms with van der Waals surface area (Å²) >= 11 is 12.0. The Hall–Kier alpha value is -1.83. The van der Waals surface area contributed by atoms with Crippen molar-refractivity contribution in [3.05, 3.63) is 63.9 Å². The summed E-state index contributed by atoms with van der Waals surface area (Å²) in [5, 5.41) is 3.30. The summed E-state index contributed by atoms with van der Waals surface area (Å²) in [6.07, 6.45) is 1.24. The lowest BCUT2D eigenvalue weighted by molar-refractivity contribution is -0.122. The van der Waals surface area contributed by atoms with Gasteiger partial charge in [-0.15, -0.1) is 0 Å². The zero-order valence-corrected chi connectivity index (χ0v) is 17.9. The summed E-state index contributed by atoms with van der Waals surface area (Å²) in [7, 11) is -3.81. The molecule has 1 N–H and O–H groups in total. The van der Waals surface area contributed by atoms with Crippen LogP contribution in [-0.4, -0.2) is 26.6 Å². The van der Waals surface area contributed by atoms with Gasteiger partial charge in [0, 0.05) is 10.0 Å². The van der Waals surface area contributed by atoms with Crippen LogP contribution in [0.1, 0.15) is 31.9 Å². The highest BCUT2D eigenvalue weighted by atomic mass is 35.5. The minimum atomic E-state index is -3.81. The van der Waals surface area contributed by atoms with Crippen molar-refractivity contribution in [2.75, 3.05) is 10.6 Å². The van der Waals surface area contributed by atoms with Crippen molar-refractivity contribution in [2.45, 2.75) is 32.4 Å². The maximum atomic E-state index is 13.1. The zero-order valence-electron chi connectivity index (χ0n) is 15.6. The molecule has 28 heavy (non-hydrogen) atoms. The number of carbonyl (C=O) groups is 1. The topological polar surface area (TPSA) is 66.5 Å². The van der Waals surface area contributed by atoms with E-state index in [-0.39, 0.29) is 28.0 Å². The third-order valence-corrected chi connectivity index (χ3v) is 5.78. The molecular weight excluding hydrogens is 426 g/mol. The number of hydrogen-bond donors (Lipinski definition) is 1. The molecule has 152 valence electrons. The highest BCUT2D eigenvalue weighted by Gasteiger charge is 2.32. The molecule has 2 rings (SSSR count). The number of carbonyl (C=O) groups excluding carboxylic acids is 1. The Labute approximate surface area is 174 Å². The number of nitrogens with zero attached hydrogens (tertiary/aromatic N) is 1. The van der Waals surface area contributed by atoms with E-state index >= 15 is 0 Å². The molecule has 0 spiro atoms. The molecule has 2 atom stereocenters. The molecule has 0 aromatic heterocycles. The molecule has 9 heteroatoms. The van der Waals surface area contributed by atoms with Crippen LogP contribution in [0.2, 0.25) is 10.0 Å². The third kappa shape index (κ3) is 5.59. The monoisotopic (exact) mass is 446 g/mol. The quantitative estimate of drug-likeness (QED) is 0.677. The average Bonchev–Trinajstić information content (AvgIpc) is 2.57. The van der Waals surface area contributed by atoms with Crippen molar-refractivity contribution in [2.24, 2.45) is 0 Å². The number of amides is 1. The lowest BCUT2D eigenvalue weighted by Gasteiger charge is -2.31. The molecule has 0 fully saturated rings. The summed E-state index contributed by atoms with van der Waals surface area (Å²) in [6.45, 7) is 3.44. The molecule has 0 bridgehead atoms. The Morgan fingerprint density at radius 3 is 2.14 bits per heavy atom. The van der Waals surface area contributed by atoms with E-state index in [2.05, 4.69) is 5.32 Å². The first-order valence-corrected chi connectivity index (χ1v) is 11.1. The van der Waals surface area contributed by atoms with Gasteiger partial charge in [-0.25, -0.2) is 12.8 Å². The average molecular weight is 447 g/mol. The summed E-state index contributed by atoms with van der Waals surface area (Å²) in [5.74, 6) is -0.865. The highest BCUT2D eigenvalue weighted by Crippen LogP contribution is 2.29. The number of rotatable bonds is 7. The van der Waals surface area contributed by atoms with E-state index in [0.717, 1.165) is 10.6 Å². The summed E-state index contributed by atoms with van der Waals surface area (Å²) < 4.78 is 39.1. The third-order valence-electron chi connectivity index (χ3n) is 4.16. The van der Waals surface area contributed by atoms with Gasteiger partial charge in [-0.1, -0.05) is 42.3 Å². The van der Waals surface area contributed by atoms with E-state index in [1.54, 1.807) is 26.0 Å². The first-order chi connectivity index (χ1) is 13.0. The largest absolute Gasteiger partial charge is 0.348 e. The molecule has 2 aromatic carbocycles. The van der Waals surface area contributed by atoms with Crippen molar-refractivity contribution >= 4 is 44.8 Å². The fourth-order valence-electron chi connectivity index (χ4n) is 2.87. The normalized spacial score (nSPS) is 13.6. The Balaban J connectivity index is 2.34. The number of nitrogens with one attached hydrogen (secondary N) is 1. The molecule has 2 aromatic rings. The lowest BCUT2D eigenvalue weighted by Crippen LogP contribution is -2.49. The molecule has 0 heterocycles. The van der Waals surface area contributed by atoms with Gasteiger partial charge in [-0.3, -0.25) is 9.10 Å². The Kier molecular flexibility index (Phi) is 7.31. The number of hydrogen-bond acceptors (Lipinski definition) is 3. The van der Waals surface area contributed by atoms with Gasteiger partial charge in [0.25, 0.3) is 0 Å². The standard InChI is InChI=1S/C19H21Cl2FN2O3S/c1-4-18(19(25)23-12(2)13-5-7-16(22)8-6-13)24(28(3,26)27)17-10-14(20)9-15(21)11-17/h5-12,18H,4H2,1-3H3,(H,23,25)/t12-,18+/m1/s1. The maximum Gasteiger partial charge on any atom is 0.244 e. The fraction of sp³-hybridized carbons (Fsp3) is 0.316. The maximum absolute atomic E-state index is 13.1. The van der Waals surface area contributed by atoms with Crippen molar-refractivity contribution in [3.8, 4) is 0 Å². The smallest absolute Gasteiger partial charge is 0.244 e. The van der Waals surface area contributed by atoms with Gasteiger partial charge in [-0.2, -0.15) is 0 Å². The second-order valence-electron chi connectivity index (χ2n) is 6.39. The minimum Gasteiger partial charge on any atom is -0.348 e. The molecule has 0 radical (unpaired) electrons. The molecule has 0 saturated heterocycles. The Morgan fingerprint density at radius 1 is 1.14 bits per heavy atom. The van der Waals surface area contributed by atoms with Crippen LogP contribution < -0.4 is 9.62 Å². The first-order valence-electron chi connectivity index (χ1n) is 8.54. The zero-order chi connectivity index (χ0) is 21.1. The van der Waals surface area contributed by atoms with Gasteiger partial charge < -0.3 is 5.32 Å². The van der Waals surface area contributed by atoms with Crippen molar-refractivity contribution in [1.29, 1.82) is 0 Å². The van der Waals surface area contributed by atoms with E-state index in [0.29, 0.717) is 5.56 Å². The van der Waals surface area contributed by atoms with Gasteiger partial charge >= 0.3 is 0 Å². The van der Waals surface area contributed by atoms with Gasteiger partial charge in [0.05, 0.1) is 18.0 Å². The summed E-state index contributed by atoms with van der Waals surface area (Å²) in [4.78, 5) is 12.9. The van der Waals surface area contributed by atoms with Crippen LogP contribution in [0.5, 0.6) is 0 Å². The van der Waals surface area contributed by atoms with Crippen LogP contribution in [0.3, 0.4) is 0 Å². The van der Waals surface area contributed by atoms with Crippen LogP contribution in [0.25, 0.3) is 0 Å². The number of anilines is 1. The van der Waals surface area contributed by atoms with Crippen LogP contribution in [0.15, 0.2) is 42.5 Å². The highest BCUT2D eigenvalue weighted by molar-refractivity contribution is 7.92. The number of halogens is 3. The Morgan fingerprint density at radius 2 is 1.68 bits per heavy atom. The van der Waals surface area contributed by atoms with Crippen LogP contribution >= 0.6 is 23.2 Å².